The van der Waals surface area contributed by atoms with Gasteiger partial charge >= 0.3 is 0 Å². The molecule has 1 aromatic carbocycles. The molecule has 0 fully saturated rings. The van der Waals surface area contributed by atoms with E-state index in [1.807, 2.05) is 0 Å². The van der Waals surface area contributed by atoms with Gasteiger partial charge in [-0.1, -0.05) is 25.1 Å². The van der Waals surface area contributed by atoms with Crippen LogP contribution in [0.5, 0.6) is 0 Å². The summed E-state index contributed by atoms with van der Waals surface area (Å²) in [4.78, 5) is 3.55. The van der Waals surface area contributed by atoms with Crippen LogP contribution in [0.1, 0.15) is 23.7 Å². The zero-order chi connectivity index (χ0) is 10.4. The number of aromatic nitrogens is 1. The molecule has 0 radical (unpaired) electrons. The summed E-state index contributed by atoms with van der Waals surface area (Å²) in [6.07, 6.45) is 2.40. The van der Waals surface area contributed by atoms with Crippen LogP contribution in [0.25, 0.3) is 10.9 Å². The highest BCUT2D eigenvalue weighted by atomic mass is 14.7. The van der Waals surface area contributed by atoms with E-state index in [2.05, 4.69) is 30.1 Å². The predicted octanol–water partition coefficient (Wildman–Crippen LogP) is 2.36. The maximum atomic E-state index is 5.74. The van der Waals surface area contributed by atoms with Crippen molar-refractivity contribution in [2.45, 2.75) is 26.3 Å². The van der Waals surface area contributed by atoms with Gasteiger partial charge in [-0.05, 0) is 29.9 Å². The van der Waals surface area contributed by atoms with Crippen LogP contribution in [0.2, 0.25) is 0 Å². The van der Waals surface area contributed by atoms with Gasteiger partial charge in [0, 0.05) is 17.6 Å². The lowest BCUT2D eigenvalue weighted by molar-refractivity contribution is 0.623. The molecule has 15 heavy (non-hydrogen) atoms. The van der Waals surface area contributed by atoms with Gasteiger partial charge in [0.2, 0.25) is 0 Å². The molecular formula is C13H16N2. The molecule has 78 valence electrons. The van der Waals surface area contributed by atoms with Crippen molar-refractivity contribution in [3.05, 3.63) is 35.0 Å². The quantitative estimate of drug-likeness (QED) is 0.729. The number of rotatable bonds is 1. The predicted molar refractivity (Wildman–Crippen MR) is 62.8 cm³/mol. The second-order valence-corrected chi connectivity index (χ2v) is 4.64. The summed E-state index contributed by atoms with van der Waals surface area (Å²) >= 11 is 0. The molecule has 2 heteroatoms. The highest BCUT2D eigenvalue weighted by Gasteiger charge is 2.22. The summed E-state index contributed by atoms with van der Waals surface area (Å²) in [6, 6.07) is 6.43. The van der Waals surface area contributed by atoms with Gasteiger partial charge in [0.1, 0.15) is 0 Å². The number of nitrogens with one attached hydrogen (secondary N) is 1. The minimum Gasteiger partial charge on any atom is -0.358 e. The molecule has 1 aromatic heterocycles. The van der Waals surface area contributed by atoms with Crippen LogP contribution < -0.4 is 5.73 Å². The third kappa shape index (κ3) is 1.21. The van der Waals surface area contributed by atoms with Crippen molar-refractivity contribution < 1.29 is 0 Å². The number of hydrogen-bond donors (Lipinski definition) is 2. The van der Waals surface area contributed by atoms with E-state index in [-0.39, 0.29) is 0 Å². The molecule has 2 aromatic rings. The Morgan fingerprint density at radius 1 is 1.40 bits per heavy atom. The van der Waals surface area contributed by atoms with Gasteiger partial charge in [-0.15, -0.1) is 0 Å². The number of fused-ring (bicyclic) bond motifs is 3. The van der Waals surface area contributed by atoms with Crippen LogP contribution in [0.15, 0.2) is 18.2 Å². The molecule has 0 amide bonds. The Bertz CT molecular complexity index is 510. The normalized spacial score (nSPS) is 19.7. The molecule has 0 saturated heterocycles. The number of nitrogens with two attached hydrogens (primary N) is 1. The third-order valence-corrected chi connectivity index (χ3v) is 3.44. The Hall–Kier alpha value is -1.28. The lowest BCUT2D eigenvalue weighted by Crippen LogP contribution is -1.98. The fourth-order valence-corrected chi connectivity index (χ4v) is 2.73. The van der Waals surface area contributed by atoms with Crippen molar-refractivity contribution >= 4 is 10.9 Å². The van der Waals surface area contributed by atoms with Gasteiger partial charge in [0.15, 0.2) is 0 Å². The third-order valence-electron chi connectivity index (χ3n) is 3.44. The maximum Gasteiger partial charge on any atom is 0.0504 e. The van der Waals surface area contributed by atoms with Gasteiger partial charge in [0.25, 0.3) is 0 Å². The highest BCUT2D eigenvalue weighted by molar-refractivity contribution is 5.88. The first-order valence-electron chi connectivity index (χ1n) is 5.61. The number of para-hydroxylation sites is 1. The van der Waals surface area contributed by atoms with Crippen molar-refractivity contribution in [2.75, 3.05) is 0 Å². The Labute approximate surface area is 89.5 Å². The van der Waals surface area contributed by atoms with Crippen LogP contribution in [0, 0.1) is 5.92 Å². The SMILES string of the molecule is CC1Cc2[nH]c3c(CN)cccc3c2C1. The molecule has 0 aliphatic heterocycles. The van der Waals surface area contributed by atoms with Crippen LogP contribution in [0.4, 0.5) is 0 Å². The van der Waals surface area contributed by atoms with Crippen LogP contribution in [-0.4, -0.2) is 4.98 Å². The van der Waals surface area contributed by atoms with Gasteiger partial charge < -0.3 is 10.7 Å². The molecule has 3 N–H and O–H groups in total. The van der Waals surface area contributed by atoms with Crippen molar-refractivity contribution in [1.82, 2.24) is 4.98 Å². The van der Waals surface area contributed by atoms with E-state index in [1.165, 1.54) is 40.6 Å². The summed E-state index contributed by atoms with van der Waals surface area (Å²) in [6.45, 7) is 2.93. The Balaban J connectivity index is 2.27. The van der Waals surface area contributed by atoms with Crippen molar-refractivity contribution in [3.63, 3.8) is 0 Å². The minimum atomic E-state index is 0.617. The Kier molecular flexibility index (Phi) is 1.86. The number of aromatic amines is 1. The van der Waals surface area contributed by atoms with E-state index in [9.17, 15) is 0 Å². The van der Waals surface area contributed by atoms with Crippen LogP contribution in [0.3, 0.4) is 0 Å². The topological polar surface area (TPSA) is 41.8 Å². The van der Waals surface area contributed by atoms with Gasteiger partial charge in [-0.2, -0.15) is 0 Å². The monoisotopic (exact) mass is 200 g/mol. The average Bonchev–Trinajstić information content (AvgIpc) is 2.73. The number of benzene rings is 1. The lowest BCUT2D eigenvalue weighted by Gasteiger charge is -2.02. The number of H-pyrrole nitrogens is 1. The van der Waals surface area contributed by atoms with E-state index in [1.54, 1.807) is 0 Å². The standard InChI is InChI=1S/C13H16N2/c1-8-5-11-10-4-2-3-9(7-14)13(10)15-12(11)6-8/h2-4,8,15H,5-7,14H2,1H3. The van der Waals surface area contributed by atoms with E-state index in [0.29, 0.717) is 6.54 Å². The van der Waals surface area contributed by atoms with E-state index in [0.717, 1.165) is 5.92 Å². The average molecular weight is 200 g/mol. The van der Waals surface area contributed by atoms with Gasteiger partial charge in [0.05, 0.1) is 5.52 Å². The fraction of sp³-hybridized carbons (Fsp3) is 0.385. The van der Waals surface area contributed by atoms with E-state index >= 15 is 0 Å². The summed E-state index contributed by atoms with van der Waals surface area (Å²) in [5.74, 6) is 0.789. The van der Waals surface area contributed by atoms with Crippen LogP contribution >= 0.6 is 0 Å². The van der Waals surface area contributed by atoms with Crippen LogP contribution in [-0.2, 0) is 19.4 Å². The second-order valence-electron chi connectivity index (χ2n) is 4.64. The highest BCUT2D eigenvalue weighted by Crippen LogP contribution is 2.33. The largest absolute Gasteiger partial charge is 0.358 e. The first kappa shape index (κ1) is 8.98. The molecule has 0 spiro atoms. The molecule has 2 nitrogen and oxygen atoms in total. The molecule has 0 saturated carbocycles. The molecule has 0 bridgehead atoms. The van der Waals surface area contributed by atoms with E-state index in [4.69, 9.17) is 5.73 Å². The first-order chi connectivity index (χ1) is 7.29. The van der Waals surface area contributed by atoms with Gasteiger partial charge in [-0.3, -0.25) is 0 Å². The van der Waals surface area contributed by atoms with Crippen molar-refractivity contribution in [3.8, 4) is 0 Å². The second kappa shape index (κ2) is 3.11. The molecule has 1 aliphatic rings. The molecule has 1 heterocycles. The zero-order valence-electron chi connectivity index (χ0n) is 9.01. The molecular weight excluding hydrogens is 184 g/mol. The summed E-state index contributed by atoms with van der Waals surface area (Å²) in [5.41, 5.74) is 11.2. The lowest BCUT2D eigenvalue weighted by atomic mass is 10.1. The zero-order valence-corrected chi connectivity index (χ0v) is 9.01. The Morgan fingerprint density at radius 2 is 2.27 bits per heavy atom. The molecule has 1 aliphatic carbocycles. The summed E-state index contributed by atoms with van der Waals surface area (Å²) < 4.78 is 0. The molecule has 1 unspecified atom stereocenters. The van der Waals surface area contributed by atoms with Crippen molar-refractivity contribution in [1.29, 1.82) is 0 Å². The van der Waals surface area contributed by atoms with E-state index < -0.39 is 0 Å². The summed E-state index contributed by atoms with van der Waals surface area (Å²) in [5, 5.41) is 1.39. The smallest absolute Gasteiger partial charge is 0.0504 e. The molecule has 1 atom stereocenters. The first-order valence-corrected chi connectivity index (χ1v) is 5.61. The number of hydrogen-bond acceptors (Lipinski definition) is 1. The Morgan fingerprint density at radius 3 is 3.07 bits per heavy atom. The minimum absolute atomic E-state index is 0.617. The van der Waals surface area contributed by atoms with Gasteiger partial charge in [-0.25, -0.2) is 0 Å². The maximum absolute atomic E-state index is 5.74. The summed E-state index contributed by atoms with van der Waals surface area (Å²) in [7, 11) is 0. The fourth-order valence-electron chi connectivity index (χ4n) is 2.73. The van der Waals surface area contributed by atoms with Crippen molar-refractivity contribution in [2.24, 2.45) is 11.7 Å². The molecule has 3 rings (SSSR count).